The van der Waals surface area contributed by atoms with Crippen molar-refractivity contribution in [3.63, 3.8) is 0 Å². The summed E-state index contributed by atoms with van der Waals surface area (Å²) in [7, 11) is 1.69. The molecule has 0 spiro atoms. The third-order valence-electron chi connectivity index (χ3n) is 3.37. The summed E-state index contributed by atoms with van der Waals surface area (Å²) in [5.41, 5.74) is 3.35. The van der Waals surface area contributed by atoms with Gasteiger partial charge in [0.1, 0.15) is 0 Å². The first-order valence-electron chi connectivity index (χ1n) is 5.67. The van der Waals surface area contributed by atoms with E-state index in [9.17, 15) is 0 Å². The number of hydrogen-bond donors (Lipinski definition) is 0. The van der Waals surface area contributed by atoms with E-state index in [4.69, 9.17) is 9.15 Å². The molecule has 2 nitrogen and oxygen atoms in total. The van der Waals surface area contributed by atoms with Crippen LogP contribution in [0, 0.1) is 13.8 Å². The van der Waals surface area contributed by atoms with Crippen molar-refractivity contribution in [3.05, 3.63) is 41.7 Å². The predicted molar refractivity (Wildman–Crippen MR) is 69.7 cm³/mol. The lowest BCUT2D eigenvalue weighted by molar-refractivity contribution is 0.415. The molecule has 1 aromatic heterocycles. The largest absolute Gasteiger partial charge is 0.492 e. The maximum absolute atomic E-state index is 5.54. The fraction of sp³-hybridized carbons (Fsp3) is 0.200. The zero-order valence-corrected chi connectivity index (χ0v) is 10.2. The molecule has 0 N–H and O–H groups in total. The standard InChI is InChI=1S/C15H14O2/c1-9-5-4-6-12-13(9)10(2)11-7-8-17-15(11)14(12)16-3/h4-8H,1-3H3. The summed E-state index contributed by atoms with van der Waals surface area (Å²) < 4.78 is 11.1. The van der Waals surface area contributed by atoms with E-state index in [0.717, 1.165) is 22.1 Å². The third kappa shape index (κ3) is 1.27. The highest BCUT2D eigenvalue weighted by molar-refractivity contribution is 6.07. The van der Waals surface area contributed by atoms with Gasteiger partial charge in [-0.05, 0) is 36.4 Å². The molecular weight excluding hydrogens is 212 g/mol. The summed E-state index contributed by atoms with van der Waals surface area (Å²) in [6.45, 7) is 4.26. The fourth-order valence-corrected chi connectivity index (χ4v) is 2.59. The van der Waals surface area contributed by atoms with Crippen LogP contribution >= 0.6 is 0 Å². The van der Waals surface area contributed by atoms with E-state index in [1.54, 1.807) is 13.4 Å². The van der Waals surface area contributed by atoms with Crippen molar-refractivity contribution in [1.29, 1.82) is 0 Å². The van der Waals surface area contributed by atoms with Gasteiger partial charge in [-0.1, -0.05) is 18.2 Å². The Kier molecular flexibility index (Phi) is 2.11. The van der Waals surface area contributed by atoms with Crippen LogP contribution in [-0.4, -0.2) is 7.11 Å². The summed E-state index contributed by atoms with van der Waals surface area (Å²) >= 11 is 0. The molecule has 0 saturated carbocycles. The summed E-state index contributed by atoms with van der Waals surface area (Å²) in [4.78, 5) is 0. The molecule has 0 aliphatic heterocycles. The molecule has 2 aromatic carbocycles. The molecule has 0 unspecified atom stereocenters. The second-order valence-electron chi connectivity index (χ2n) is 4.32. The highest BCUT2D eigenvalue weighted by atomic mass is 16.5. The average molecular weight is 226 g/mol. The number of fused-ring (bicyclic) bond motifs is 2. The maximum atomic E-state index is 5.54. The number of aryl methyl sites for hydroxylation is 2. The Morgan fingerprint density at radius 3 is 2.65 bits per heavy atom. The van der Waals surface area contributed by atoms with Crippen LogP contribution in [0.2, 0.25) is 0 Å². The van der Waals surface area contributed by atoms with Crippen molar-refractivity contribution in [2.75, 3.05) is 7.11 Å². The first-order valence-corrected chi connectivity index (χ1v) is 5.67. The predicted octanol–water partition coefficient (Wildman–Crippen LogP) is 4.21. The van der Waals surface area contributed by atoms with Crippen LogP contribution in [0.3, 0.4) is 0 Å². The van der Waals surface area contributed by atoms with Crippen molar-refractivity contribution in [2.45, 2.75) is 13.8 Å². The monoisotopic (exact) mass is 226 g/mol. The van der Waals surface area contributed by atoms with E-state index in [1.165, 1.54) is 16.5 Å². The van der Waals surface area contributed by atoms with Crippen LogP contribution < -0.4 is 4.74 Å². The van der Waals surface area contributed by atoms with Crippen molar-refractivity contribution in [3.8, 4) is 5.75 Å². The van der Waals surface area contributed by atoms with Crippen LogP contribution in [0.5, 0.6) is 5.75 Å². The van der Waals surface area contributed by atoms with Gasteiger partial charge in [0.05, 0.1) is 13.4 Å². The lowest BCUT2D eigenvalue weighted by atomic mass is 9.97. The van der Waals surface area contributed by atoms with Gasteiger partial charge < -0.3 is 9.15 Å². The smallest absolute Gasteiger partial charge is 0.176 e. The molecule has 2 heteroatoms. The SMILES string of the molecule is COc1c2cccc(C)c2c(C)c2ccoc12. The first kappa shape index (κ1) is 10.2. The Bertz CT molecular complexity index is 708. The minimum atomic E-state index is 0.828. The van der Waals surface area contributed by atoms with Gasteiger partial charge in [-0.25, -0.2) is 0 Å². The van der Waals surface area contributed by atoms with Gasteiger partial charge in [0.15, 0.2) is 11.3 Å². The van der Waals surface area contributed by atoms with E-state index in [2.05, 4.69) is 32.0 Å². The van der Waals surface area contributed by atoms with E-state index < -0.39 is 0 Å². The number of benzene rings is 2. The summed E-state index contributed by atoms with van der Waals surface area (Å²) in [5.74, 6) is 0.828. The van der Waals surface area contributed by atoms with Crippen LogP contribution in [0.4, 0.5) is 0 Å². The number of hydrogen-bond acceptors (Lipinski definition) is 2. The van der Waals surface area contributed by atoms with Gasteiger partial charge in [0.25, 0.3) is 0 Å². The normalized spacial score (nSPS) is 11.2. The molecule has 0 fully saturated rings. The number of ether oxygens (including phenoxy) is 1. The van der Waals surface area contributed by atoms with E-state index in [-0.39, 0.29) is 0 Å². The topological polar surface area (TPSA) is 22.4 Å². The Labute approximate surface area is 99.8 Å². The third-order valence-corrected chi connectivity index (χ3v) is 3.37. The second-order valence-corrected chi connectivity index (χ2v) is 4.32. The Balaban J connectivity index is 2.66. The van der Waals surface area contributed by atoms with Gasteiger partial charge in [0.2, 0.25) is 0 Å². The number of furan rings is 1. The zero-order valence-electron chi connectivity index (χ0n) is 10.2. The molecule has 0 atom stereocenters. The zero-order chi connectivity index (χ0) is 12.0. The Morgan fingerprint density at radius 2 is 1.88 bits per heavy atom. The average Bonchev–Trinajstić information content (AvgIpc) is 2.79. The van der Waals surface area contributed by atoms with Crippen LogP contribution in [0.25, 0.3) is 21.7 Å². The van der Waals surface area contributed by atoms with Crippen molar-refractivity contribution in [1.82, 2.24) is 0 Å². The molecule has 86 valence electrons. The number of methoxy groups -OCH3 is 1. The molecule has 0 amide bonds. The molecule has 1 heterocycles. The van der Waals surface area contributed by atoms with E-state index >= 15 is 0 Å². The van der Waals surface area contributed by atoms with Gasteiger partial charge in [-0.3, -0.25) is 0 Å². The van der Waals surface area contributed by atoms with Crippen molar-refractivity contribution in [2.24, 2.45) is 0 Å². The minimum absolute atomic E-state index is 0.828. The Hall–Kier alpha value is -1.96. The minimum Gasteiger partial charge on any atom is -0.492 e. The lowest BCUT2D eigenvalue weighted by Crippen LogP contribution is -1.90. The van der Waals surface area contributed by atoms with Crippen molar-refractivity contribution < 1.29 is 9.15 Å². The van der Waals surface area contributed by atoms with Gasteiger partial charge >= 0.3 is 0 Å². The molecule has 0 aliphatic rings. The molecule has 0 aliphatic carbocycles. The van der Waals surface area contributed by atoms with Gasteiger partial charge in [-0.2, -0.15) is 0 Å². The molecule has 0 saturated heterocycles. The Morgan fingerprint density at radius 1 is 1.06 bits per heavy atom. The van der Waals surface area contributed by atoms with Crippen LogP contribution in [0.1, 0.15) is 11.1 Å². The molecule has 3 rings (SSSR count). The summed E-state index contributed by atoms with van der Waals surface area (Å²) in [6, 6.07) is 8.25. The molecule has 17 heavy (non-hydrogen) atoms. The van der Waals surface area contributed by atoms with Gasteiger partial charge in [-0.15, -0.1) is 0 Å². The summed E-state index contributed by atoms with van der Waals surface area (Å²) in [5, 5.41) is 3.51. The van der Waals surface area contributed by atoms with E-state index in [1.807, 2.05) is 6.07 Å². The molecule has 3 aromatic rings. The molecule has 0 bridgehead atoms. The number of rotatable bonds is 1. The second kappa shape index (κ2) is 3.52. The van der Waals surface area contributed by atoms with E-state index in [0.29, 0.717) is 0 Å². The lowest BCUT2D eigenvalue weighted by Gasteiger charge is -2.11. The quantitative estimate of drug-likeness (QED) is 0.620. The maximum Gasteiger partial charge on any atom is 0.176 e. The first-order chi connectivity index (χ1) is 8.24. The van der Waals surface area contributed by atoms with Crippen LogP contribution in [-0.2, 0) is 0 Å². The molecular formula is C15H14O2. The highest BCUT2D eigenvalue weighted by Gasteiger charge is 2.15. The fourth-order valence-electron chi connectivity index (χ4n) is 2.59. The highest BCUT2D eigenvalue weighted by Crippen LogP contribution is 2.39. The van der Waals surface area contributed by atoms with Crippen LogP contribution in [0.15, 0.2) is 34.9 Å². The van der Waals surface area contributed by atoms with Crippen molar-refractivity contribution >= 4 is 21.7 Å². The summed E-state index contributed by atoms with van der Waals surface area (Å²) in [6.07, 6.45) is 1.72. The molecule has 0 radical (unpaired) electrons. The van der Waals surface area contributed by atoms with Gasteiger partial charge in [0, 0.05) is 10.8 Å².